The number of aliphatic hydroxyl groups excluding tert-OH is 1. The normalized spacial score (nSPS) is 14.1. The smallest absolute Gasteiger partial charge is 0.0852 e. The molecule has 2 atom stereocenters. The van der Waals surface area contributed by atoms with E-state index in [1.165, 1.54) is 0 Å². The first-order chi connectivity index (χ1) is 9.08. The monoisotopic (exact) mass is 274 g/mol. The Morgan fingerprint density at radius 2 is 1.74 bits per heavy atom. The van der Waals surface area contributed by atoms with Crippen LogP contribution >= 0.6 is 0 Å². The highest BCUT2D eigenvalue weighted by Crippen LogP contribution is 2.21. The van der Waals surface area contributed by atoms with Gasteiger partial charge in [-0.2, -0.15) is 0 Å². The Kier molecular flexibility index (Phi) is 4.51. The average molecular weight is 274 g/mol. The fourth-order valence-electron chi connectivity index (χ4n) is 1.96. The molecule has 0 bridgehead atoms. The fourth-order valence-corrected chi connectivity index (χ4v) is 3.19. The molecule has 0 saturated heterocycles. The van der Waals surface area contributed by atoms with Crippen LogP contribution in [0, 0.1) is 6.92 Å². The summed E-state index contributed by atoms with van der Waals surface area (Å²) in [5.41, 5.74) is 2.09. The topological polar surface area (TPSA) is 37.3 Å². The van der Waals surface area contributed by atoms with Gasteiger partial charge in [-0.3, -0.25) is 0 Å². The number of aryl methyl sites for hydroxylation is 1. The van der Waals surface area contributed by atoms with Crippen molar-refractivity contribution >= 4 is 10.8 Å². The summed E-state index contributed by atoms with van der Waals surface area (Å²) in [5.74, 6) is 0. The van der Waals surface area contributed by atoms with Crippen molar-refractivity contribution in [3.05, 3.63) is 59.7 Å². The summed E-state index contributed by atoms with van der Waals surface area (Å²) in [4.78, 5) is 1.58. The summed E-state index contributed by atoms with van der Waals surface area (Å²) < 4.78 is 12.6. The molecule has 2 aromatic rings. The zero-order valence-corrected chi connectivity index (χ0v) is 12.0. The summed E-state index contributed by atoms with van der Waals surface area (Å²) >= 11 is 0. The molecule has 2 aromatic carbocycles. The number of hydrogen-bond donors (Lipinski definition) is 1. The second-order valence-corrected chi connectivity index (χ2v) is 6.19. The van der Waals surface area contributed by atoms with Crippen LogP contribution in [-0.4, -0.2) is 15.4 Å². The third-order valence-corrected chi connectivity index (χ3v) is 4.42. The predicted octanol–water partition coefficient (Wildman–Crippen LogP) is 3.09. The third kappa shape index (κ3) is 3.52. The highest BCUT2D eigenvalue weighted by atomic mass is 32.2. The lowest BCUT2D eigenvalue weighted by Gasteiger charge is -2.11. The van der Waals surface area contributed by atoms with Gasteiger partial charge in [-0.15, -0.1) is 0 Å². The lowest BCUT2D eigenvalue weighted by Crippen LogP contribution is -2.07. The molecule has 2 nitrogen and oxygen atoms in total. The van der Waals surface area contributed by atoms with Gasteiger partial charge < -0.3 is 5.11 Å². The second-order valence-electron chi connectivity index (χ2n) is 4.74. The van der Waals surface area contributed by atoms with Crippen LogP contribution in [0.1, 0.15) is 18.1 Å². The SMILES string of the molecule is Cc1ccc([S@](=O)c2ccccc2C[C@H](C)O)cc1. The molecular weight excluding hydrogens is 256 g/mol. The van der Waals surface area contributed by atoms with Crippen LogP contribution < -0.4 is 0 Å². The van der Waals surface area contributed by atoms with Crippen molar-refractivity contribution in [1.29, 1.82) is 0 Å². The molecule has 0 aliphatic heterocycles. The molecule has 0 fully saturated rings. The molecule has 0 spiro atoms. The maximum absolute atomic E-state index is 12.6. The van der Waals surface area contributed by atoms with E-state index in [2.05, 4.69) is 0 Å². The lowest BCUT2D eigenvalue weighted by atomic mass is 10.1. The Balaban J connectivity index is 2.35. The van der Waals surface area contributed by atoms with Gasteiger partial charge in [-0.1, -0.05) is 35.9 Å². The molecule has 19 heavy (non-hydrogen) atoms. The minimum atomic E-state index is -1.19. The quantitative estimate of drug-likeness (QED) is 0.930. The summed E-state index contributed by atoms with van der Waals surface area (Å²) in [6.45, 7) is 3.75. The van der Waals surface area contributed by atoms with E-state index in [0.29, 0.717) is 6.42 Å². The molecule has 0 aliphatic rings. The van der Waals surface area contributed by atoms with E-state index < -0.39 is 16.9 Å². The van der Waals surface area contributed by atoms with Crippen molar-refractivity contribution in [2.24, 2.45) is 0 Å². The van der Waals surface area contributed by atoms with Crippen molar-refractivity contribution in [2.75, 3.05) is 0 Å². The van der Waals surface area contributed by atoms with Crippen LogP contribution in [0.3, 0.4) is 0 Å². The Bertz CT molecular complexity index is 574. The molecular formula is C16H18O2S. The van der Waals surface area contributed by atoms with Crippen LogP contribution in [-0.2, 0) is 17.2 Å². The number of hydrogen-bond acceptors (Lipinski definition) is 2. The average Bonchev–Trinajstić information content (AvgIpc) is 2.39. The molecule has 100 valence electrons. The summed E-state index contributed by atoms with van der Waals surface area (Å²) in [7, 11) is -1.19. The molecule has 3 heteroatoms. The van der Waals surface area contributed by atoms with Gasteiger partial charge >= 0.3 is 0 Å². The zero-order chi connectivity index (χ0) is 13.8. The van der Waals surface area contributed by atoms with Crippen molar-refractivity contribution < 1.29 is 9.32 Å². The second kappa shape index (κ2) is 6.13. The lowest BCUT2D eigenvalue weighted by molar-refractivity contribution is 0.194. The number of benzene rings is 2. The Labute approximate surface area is 116 Å². The molecule has 0 amide bonds. The van der Waals surface area contributed by atoms with Gasteiger partial charge in [0.05, 0.1) is 16.9 Å². The van der Waals surface area contributed by atoms with Crippen LogP contribution in [0.4, 0.5) is 0 Å². The highest BCUT2D eigenvalue weighted by molar-refractivity contribution is 7.85. The van der Waals surface area contributed by atoms with Crippen LogP contribution in [0.15, 0.2) is 58.3 Å². The molecule has 0 saturated carbocycles. The Morgan fingerprint density at radius 1 is 1.11 bits per heavy atom. The summed E-state index contributed by atoms with van der Waals surface area (Å²) in [6.07, 6.45) is 0.0875. The van der Waals surface area contributed by atoms with Gasteiger partial charge in [0.25, 0.3) is 0 Å². The van der Waals surface area contributed by atoms with Gasteiger partial charge in [0.2, 0.25) is 0 Å². The Morgan fingerprint density at radius 3 is 2.37 bits per heavy atom. The minimum absolute atomic E-state index is 0.434. The molecule has 0 unspecified atom stereocenters. The standard InChI is InChI=1S/C16H18O2S/c1-12-7-9-15(10-8-12)19(18)16-6-4-3-5-14(16)11-13(2)17/h3-10,13,17H,11H2,1-2H3/t13-,19-/m0/s1. The van der Waals surface area contributed by atoms with E-state index in [1.54, 1.807) is 6.92 Å². The minimum Gasteiger partial charge on any atom is -0.393 e. The van der Waals surface area contributed by atoms with Crippen molar-refractivity contribution in [1.82, 2.24) is 0 Å². The van der Waals surface area contributed by atoms with Gasteiger partial charge in [-0.05, 0) is 44.0 Å². The van der Waals surface area contributed by atoms with Gasteiger partial charge in [0.15, 0.2) is 0 Å². The van der Waals surface area contributed by atoms with Crippen LogP contribution in [0.25, 0.3) is 0 Å². The molecule has 2 rings (SSSR count). The molecule has 1 N–H and O–H groups in total. The van der Waals surface area contributed by atoms with E-state index in [1.807, 2.05) is 55.5 Å². The fraction of sp³-hybridized carbons (Fsp3) is 0.250. The summed E-state index contributed by atoms with van der Waals surface area (Å²) in [5, 5.41) is 9.52. The van der Waals surface area contributed by atoms with E-state index in [-0.39, 0.29) is 0 Å². The van der Waals surface area contributed by atoms with E-state index >= 15 is 0 Å². The van der Waals surface area contributed by atoms with E-state index in [4.69, 9.17) is 0 Å². The van der Waals surface area contributed by atoms with Crippen molar-refractivity contribution in [3.8, 4) is 0 Å². The van der Waals surface area contributed by atoms with Crippen LogP contribution in [0.2, 0.25) is 0 Å². The predicted molar refractivity (Wildman–Crippen MR) is 77.7 cm³/mol. The first-order valence-electron chi connectivity index (χ1n) is 6.32. The van der Waals surface area contributed by atoms with E-state index in [0.717, 1.165) is 20.9 Å². The highest BCUT2D eigenvalue weighted by Gasteiger charge is 2.12. The molecule has 0 aliphatic carbocycles. The molecule has 0 heterocycles. The van der Waals surface area contributed by atoms with Crippen molar-refractivity contribution in [3.63, 3.8) is 0 Å². The number of aliphatic hydroxyl groups is 1. The third-order valence-electron chi connectivity index (χ3n) is 2.92. The van der Waals surface area contributed by atoms with Crippen molar-refractivity contribution in [2.45, 2.75) is 36.2 Å². The zero-order valence-electron chi connectivity index (χ0n) is 11.2. The Hall–Kier alpha value is -1.45. The molecule has 0 radical (unpaired) electrons. The maximum atomic E-state index is 12.6. The largest absolute Gasteiger partial charge is 0.393 e. The van der Waals surface area contributed by atoms with Gasteiger partial charge in [0, 0.05) is 9.79 Å². The first-order valence-corrected chi connectivity index (χ1v) is 7.47. The van der Waals surface area contributed by atoms with Crippen LogP contribution in [0.5, 0.6) is 0 Å². The summed E-state index contributed by atoms with van der Waals surface area (Å²) in [6, 6.07) is 15.3. The number of rotatable bonds is 4. The maximum Gasteiger partial charge on any atom is 0.0852 e. The van der Waals surface area contributed by atoms with E-state index in [9.17, 15) is 9.32 Å². The van der Waals surface area contributed by atoms with Gasteiger partial charge in [0.1, 0.15) is 0 Å². The first kappa shape index (κ1) is 14.0. The molecule has 0 aromatic heterocycles. The van der Waals surface area contributed by atoms with Gasteiger partial charge in [-0.25, -0.2) is 4.21 Å².